The van der Waals surface area contributed by atoms with Crippen molar-refractivity contribution in [2.75, 3.05) is 0 Å². The molecule has 0 atom stereocenters. The Balaban J connectivity index is 2.02. The van der Waals surface area contributed by atoms with E-state index in [9.17, 15) is 4.39 Å². The van der Waals surface area contributed by atoms with Crippen molar-refractivity contribution in [2.24, 2.45) is 5.10 Å². The summed E-state index contributed by atoms with van der Waals surface area (Å²) in [5.41, 5.74) is 1.77. The summed E-state index contributed by atoms with van der Waals surface area (Å²) >= 11 is 11.7. The van der Waals surface area contributed by atoms with Crippen molar-refractivity contribution in [3.8, 4) is 5.69 Å². The van der Waals surface area contributed by atoms with Crippen LogP contribution in [0, 0.1) is 17.5 Å². The zero-order chi connectivity index (χ0) is 19.1. The van der Waals surface area contributed by atoms with Gasteiger partial charge in [-0.3, -0.25) is 5.10 Å². The Labute approximate surface area is 160 Å². The van der Waals surface area contributed by atoms with Crippen molar-refractivity contribution in [3.63, 3.8) is 0 Å². The van der Waals surface area contributed by atoms with Gasteiger partial charge in [0.1, 0.15) is 11.0 Å². The summed E-state index contributed by atoms with van der Waals surface area (Å²) < 4.78 is 16.6. The van der Waals surface area contributed by atoms with Gasteiger partial charge in [0.25, 0.3) is 0 Å². The number of rotatable bonds is 3. The average molecular weight is 393 g/mol. The molecular formula is C17H18ClFN6S. The maximum Gasteiger partial charge on any atom is 0.216 e. The number of aromatic amines is 1. The Hall–Kier alpha value is -2.32. The quantitative estimate of drug-likeness (QED) is 0.530. The molecule has 9 heteroatoms. The van der Waals surface area contributed by atoms with Gasteiger partial charge in [0.05, 0.1) is 23.2 Å². The molecule has 3 aromatic rings. The predicted octanol–water partition coefficient (Wildman–Crippen LogP) is 4.41. The summed E-state index contributed by atoms with van der Waals surface area (Å²) in [6.07, 6.45) is 1.60. The molecule has 0 amide bonds. The van der Waals surface area contributed by atoms with Gasteiger partial charge in [-0.25, -0.2) is 9.07 Å². The third-order valence-electron chi connectivity index (χ3n) is 3.74. The van der Waals surface area contributed by atoms with Gasteiger partial charge in [0.2, 0.25) is 4.77 Å². The molecule has 1 aromatic carbocycles. The first kappa shape index (κ1) is 18.5. The van der Waals surface area contributed by atoms with Gasteiger partial charge >= 0.3 is 0 Å². The fraction of sp³-hybridized carbons (Fsp3) is 0.294. The first-order chi connectivity index (χ1) is 12.2. The van der Waals surface area contributed by atoms with Crippen molar-refractivity contribution in [3.05, 3.63) is 57.1 Å². The summed E-state index contributed by atoms with van der Waals surface area (Å²) in [6, 6.07) is 5.94. The number of hydrogen-bond acceptors (Lipinski definition) is 4. The molecule has 0 spiro atoms. The van der Waals surface area contributed by atoms with Crippen LogP contribution >= 0.6 is 23.8 Å². The zero-order valence-electron chi connectivity index (χ0n) is 14.8. The molecule has 0 saturated heterocycles. The molecule has 0 aliphatic heterocycles. The van der Waals surface area contributed by atoms with Gasteiger partial charge < -0.3 is 0 Å². The molecule has 0 aliphatic carbocycles. The first-order valence-corrected chi connectivity index (χ1v) is 8.70. The molecular weight excluding hydrogens is 375 g/mol. The highest BCUT2D eigenvalue weighted by molar-refractivity contribution is 7.71. The molecule has 2 heterocycles. The van der Waals surface area contributed by atoms with Crippen LogP contribution in [0.4, 0.5) is 4.39 Å². The largest absolute Gasteiger partial charge is 0.250 e. The topological polar surface area (TPSA) is 63.8 Å². The molecule has 0 saturated carbocycles. The Morgan fingerprint density at radius 3 is 2.54 bits per heavy atom. The number of aryl methyl sites for hydroxylation is 1. The highest BCUT2D eigenvalue weighted by Gasteiger charge is 2.21. The van der Waals surface area contributed by atoms with E-state index in [-0.39, 0.29) is 11.2 Å². The lowest BCUT2D eigenvalue weighted by atomic mass is 9.96. The lowest BCUT2D eigenvalue weighted by molar-refractivity contribution is 0.516. The van der Waals surface area contributed by atoms with E-state index in [1.807, 2.05) is 27.7 Å². The maximum absolute atomic E-state index is 13.1. The van der Waals surface area contributed by atoms with Crippen LogP contribution in [0.25, 0.3) is 5.69 Å². The maximum atomic E-state index is 13.1. The van der Waals surface area contributed by atoms with Crippen molar-refractivity contribution in [2.45, 2.75) is 33.1 Å². The van der Waals surface area contributed by atoms with Gasteiger partial charge in [-0.1, -0.05) is 32.4 Å². The smallest absolute Gasteiger partial charge is 0.216 e. The number of H-pyrrole nitrogens is 1. The highest BCUT2D eigenvalue weighted by atomic mass is 35.5. The summed E-state index contributed by atoms with van der Waals surface area (Å²) in [5, 5.41) is 16.2. The molecule has 0 radical (unpaired) electrons. The molecule has 26 heavy (non-hydrogen) atoms. The number of benzene rings is 1. The molecule has 0 bridgehead atoms. The second-order valence-electron chi connectivity index (χ2n) is 6.84. The van der Waals surface area contributed by atoms with E-state index >= 15 is 0 Å². The highest BCUT2D eigenvalue weighted by Crippen LogP contribution is 2.23. The third-order valence-corrected chi connectivity index (χ3v) is 4.37. The number of halogens is 2. The number of aromatic nitrogens is 5. The summed E-state index contributed by atoms with van der Waals surface area (Å²) in [7, 11) is 0. The molecule has 3 rings (SSSR count). The van der Waals surface area contributed by atoms with Crippen LogP contribution in [0.3, 0.4) is 0 Å². The van der Waals surface area contributed by atoms with E-state index in [2.05, 4.69) is 20.4 Å². The van der Waals surface area contributed by atoms with Crippen LogP contribution in [0.2, 0.25) is 5.15 Å². The molecule has 0 fully saturated rings. The SMILES string of the molecule is Cc1nn(-c2ccc(F)cc2)c(Cl)c1/C=N\n1c(C(C)(C)C)n[nH]c1=S. The van der Waals surface area contributed by atoms with Crippen molar-refractivity contribution >= 4 is 30.0 Å². The Morgan fingerprint density at radius 2 is 1.92 bits per heavy atom. The summed E-state index contributed by atoms with van der Waals surface area (Å²) in [4.78, 5) is 0. The second kappa shape index (κ2) is 6.77. The Kier molecular flexibility index (Phi) is 4.81. The Morgan fingerprint density at radius 1 is 1.27 bits per heavy atom. The molecule has 136 valence electrons. The average Bonchev–Trinajstić information content (AvgIpc) is 3.07. The van der Waals surface area contributed by atoms with E-state index in [0.29, 0.717) is 32.7 Å². The van der Waals surface area contributed by atoms with Crippen LogP contribution in [0.1, 0.15) is 37.9 Å². The standard InChI is InChI=1S/C17H18ClFN6S/c1-10-13(9-20-25-15(17(2,3)4)21-22-16(25)26)14(18)24(23-10)12-7-5-11(19)6-8-12/h5-9H,1-4H3,(H,22,26)/b20-9-. The minimum Gasteiger partial charge on any atom is -0.250 e. The van der Waals surface area contributed by atoms with E-state index < -0.39 is 0 Å². The van der Waals surface area contributed by atoms with Crippen molar-refractivity contribution in [1.82, 2.24) is 24.7 Å². The number of nitrogens with zero attached hydrogens (tertiary/aromatic N) is 5. The third kappa shape index (κ3) is 3.47. The van der Waals surface area contributed by atoms with E-state index in [1.165, 1.54) is 16.8 Å². The molecule has 2 aromatic heterocycles. The van der Waals surface area contributed by atoms with Crippen LogP contribution < -0.4 is 0 Å². The van der Waals surface area contributed by atoms with E-state index in [4.69, 9.17) is 23.8 Å². The van der Waals surface area contributed by atoms with Gasteiger partial charge in [-0.05, 0) is 43.4 Å². The molecule has 1 N–H and O–H groups in total. The number of nitrogens with one attached hydrogen (secondary N) is 1. The first-order valence-electron chi connectivity index (χ1n) is 7.92. The second-order valence-corrected chi connectivity index (χ2v) is 7.58. The van der Waals surface area contributed by atoms with Crippen molar-refractivity contribution in [1.29, 1.82) is 0 Å². The lowest BCUT2D eigenvalue weighted by Crippen LogP contribution is -2.17. The van der Waals surface area contributed by atoms with E-state index in [0.717, 1.165) is 0 Å². The van der Waals surface area contributed by atoms with Crippen LogP contribution in [0.15, 0.2) is 29.4 Å². The minimum absolute atomic E-state index is 0.234. The fourth-order valence-corrected chi connectivity index (χ4v) is 2.91. The van der Waals surface area contributed by atoms with Gasteiger partial charge in [-0.2, -0.15) is 20.0 Å². The molecule has 6 nitrogen and oxygen atoms in total. The van der Waals surface area contributed by atoms with Crippen LogP contribution in [-0.4, -0.2) is 30.9 Å². The van der Waals surface area contributed by atoms with E-state index in [1.54, 1.807) is 23.0 Å². The molecule has 0 aliphatic rings. The number of hydrogen-bond donors (Lipinski definition) is 1. The summed E-state index contributed by atoms with van der Waals surface area (Å²) in [6.45, 7) is 7.89. The lowest BCUT2D eigenvalue weighted by Gasteiger charge is -2.15. The molecule has 0 unspecified atom stereocenters. The van der Waals surface area contributed by atoms with Gasteiger partial charge in [0.15, 0.2) is 5.82 Å². The van der Waals surface area contributed by atoms with Crippen molar-refractivity contribution < 1.29 is 4.39 Å². The predicted molar refractivity (Wildman–Crippen MR) is 102 cm³/mol. The zero-order valence-corrected chi connectivity index (χ0v) is 16.4. The van der Waals surface area contributed by atoms with Gasteiger partial charge in [-0.15, -0.1) is 0 Å². The van der Waals surface area contributed by atoms with Crippen LogP contribution in [-0.2, 0) is 5.41 Å². The fourth-order valence-electron chi connectivity index (χ4n) is 2.41. The normalized spacial score (nSPS) is 12.2. The minimum atomic E-state index is -0.320. The van der Waals surface area contributed by atoms with Gasteiger partial charge in [0, 0.05) is 5.41 Å². The monoisotopic (exact) mass is 392 g/mol. The Bertz CT molecular complexity index is 1020. The summed E-state index contributed by atoms with van der Waals surface area (Å²) in [5.74, 6) is 0.387. The van der Waals surface area contributed by atoms with Crippen LogP contribution in [0.5, 0.6) is 0 Å².